The van der Waals surface area contributed by atoms with Crippen LogP contribution in [0.25, 0.3) is 10.2 Å². The zero-order valence-electron chi connectivity index (χ0n) is 12.1. The van der Waals surface area contributed by atoms with Gasteiger partial charge >= 0.3 is 5.97 Å². The number of ether oxygens (including phenoxy) is 1. The van der Waals surface area contributed by atoms with Gasteiger partial charge in [-0.1, -0.05) is 12.1 Å². The maximum atomic E-state index is 12.5. The van der Waals surface area contributed by atoms with Crippen molar-refractivity contribution in [3.8, 4) is 0 Å². The Morgan fingerprint density at radius 2 is 2.33 bits per heavy atom. The number of aryl methyl sites for hydroxylation is 1. The average Bonchev–Trinajstić information content (AvgIpc) is 2.80. The second kappa shape index (κ2) is 5.55. The molecule has 1 aliphatic rings. The number of thiophene rings is 1. The smallest absolute Gasteiger partial charge is 0.327 e. The summed E-state index contributed by atoms with van der Waals surface area (Å²) in [6, 6.07) is 0. The fourth-order valence-electron chi connectivity index (χ4n) is 2.72. The molecule has 0 amide bonds. The van der Waals surface area contributed by atoms with Gasteiger partial charge in [-0.2, -0.15) is 4.68 Å². The summed E-state index contributed by atoms with van der Waals surface area (Å²) >= 11 is 1.55. The number of esters is 1. The molecule has 3 rings (SSSR count). The Morgan fingerprint density at radius 3 is 3.10 bits per heavy atom. The van der Waals surface area contributed by atoms with Crippen molar-refractivity contribution in [3.63, 3.8) is 0 Å². The third-order valence-corrected chi connectivity index (χ3v) is 4.91. The standard InChI is InChI=1S/C14H17N3O3S/c1-3-20-11(18)7-17-14(19)12-9-5-4-8(2)6-10(9)21-13(12)15-16-17/h8H,3-7H2,1-2H3/t8-/m0/s1. The lowest BCUT2D eigenvalue weighted by atomic mass is 9.89. The van der Waals surface area contributed by atoms with Crippen molar-refractivity contribution in [3.05, 3.63) is 20.8 Å². The minimum absolute atomic E-state index is 0.184. The van der Waals surface area contributed by atoms with E-state index in [9.17, 15) is 9.59 Å². The van der Waals surface area contributed by atoms with Crippen LogP contribution in [-0.2, 0) is 28.9 Å². The third kappa shape index (κ3) is 2.57. The van der Waals surface area contributed by atoms with E-state index in [0.29, 0.717) is 16.1 Å². The van der Waals surface area contributed by atoms with Gasteiger partial charge in [0.05, 0.1) is 12.0 Å². The molecule has 7 heteroatoms. The van der Waals surface area contributed by atoms with Gasteiger partial charge in [-0.05, 0) is 37.7 Å². The first-order chi connectivity index (χ1) is 10.1. The predicted molar refractivity (Wildman–Crippen MR) is 79.5 cm³/mol. The molecule has 21 heavy (non-hydrogen) atoms. The number of hydrogen-bond donors (Lipinski definition) is 0. The summed E-state index contributed by atoms with van der Waals surface area (Å²) in [4.78, 5) is 26.0. The van der Waals surface area contributed by atoms with Gasteiger partial charge in [-0.3, -0.25) is 9.59 Å². The van der Waals surface area contributed by atoms with Crippen LogP contribution in [0.3, 0.4) is 0 Å². The SMILES string of the molecule is CCOC(=O)Cn1nnc2sc3c(c2c1=O)CC[C@H](C)C3. The quantitative estimate of drug-likeness (QED) is 0.804. The van der Waals surface area contributed by atoms with Crippen LogP contribution in [0.15, 0.2) is 4.79 Å². The van der Waals surface area contributed by atoms with Crippen molar-refractivity contribution < 1.29 is 9.53 Å². The first-order valence-electron chi connectivity index (χ1n) is 7.13. The van der Waals surface area contributed by atoms with Crippen LogP contribution < -0.4 is 5.56 Å². The van der Waals surface area contributed by atoms with Gasteiger partial charge in [0, 0.05) is 4.88 Å². The molecule has 2 aromatic rings. The summed E-state index contributed by atoms with van der Waals surface area (Å²) < 4.78 is 5.96. The maximum Gasteiger partial charge on any atom is 0.327 e. The fourth-order valence-corrected chi connectivity index (χ4v) is 4.04. The highest BCUT2D eigenvalue weighted by Gasteiger charge is 2.24. The molecule has 0 fully saturated rings. The van der Waals surface area contributed by atoms with Crippen LogP contribution in [0.4, 0.5) is 0 Å². The minimum Gasteiger partial charge on any atom is -0.465 e. The molecule has 0 aliphatic heterocycles. The van der Waals surface area contributed by atoms with Crippen molar-refractivity contribution in [1.82, 2.24) is 15.0 Å². The van der Waals surface area contributed by atoms with Crippen LogP contribution in [-0.4, -0.2) is 27.6 Å². The summed E-state index contributed by atoms with van der Waals surface area (Å²) in [5, 5.41) is 8.60. The summed E-state index contributed by atoms with van der Waals surface area (Å²) in [6.45, 7) is 4.05. The van der Waals surface area contributed by atoms with Crippen molar-refractivity contribution in [2.45, 2.75) is 39.7 Å². The van der Waals surface area contributed by atoms with E-state index in [1.807, 2.05) is 0 Å². The number of nitrogens with zero attached hydrogens (tertiary/aromatic N) is 3. The molecule has 0 bridgehead atoms. The van der Waals surface area contributed by atoms with Crippen molar-refractivity contribution in [2.75, 3.05) is 6.61 Å². The van der Waals surface area contributed by atoms with Gasteiger partial charge in [0.2, 0.25) is 0 Å². The summed E-state index contributed by atoms with van der Waals surface area (Å²) in [6.07, 6.45) is 2.98. The molecule has 0 radical (unpaired) electrons. The monoisotopic (exact) mass is 307 g/mol. The van der Waals surface area contributed by atoms with Gasteiger partial charge in [0.15, 0.2) is 4.83 Å². The molecule has 1 atom stereocenters. The van der Waals surface area contributed by atoms with Gasteiger partial charge in [0.25, 0.3) is 5.56 Å². The third-order valence-electron chi connectivity index (χ3n) is 3.77. The van der Waals surface area contributed by atoms with Gasteiger partial charge in [-0.25, -0.2) is 0 Å². The lowest BCUT2D eigenvalue weighted by molar-refractivity contribution is -0.144. The predicted octanol–water partition coefficient (Wildman–Crippen LogP) is 1.54. The van der Waals surface area contributed by atoms with Crippen LogP contribution >= 0.6 is 11.3 Å². The van der Waals surface area contributed by atoms with Crippen molar-refractivity contribution in [1.29, 1.82) is 0 Å². The number of carbonyl (C=O) groups is 1. The van der Waals surface area contributed by atoms with E-state index in [2.05, 4.69) is 17.2 Å². The van der Waals surface area contributed by atoms with E-state index in [0.717, 1.165) is 29.5 Å². The van der Waals surface area contributed by atoms with E-state index in [-0.39, 0.29) is 18.7 Å². The number of hydrogen-bond acceptors (Lipinski definition) is 6. The van der Waals surface area contributed by atoms with E-state index in [1.165, 1.54) is 4.88 Å². The molecule has 0 unspecified atom stereocenters. The Morgan fingerprint density at radius 1 is 1.52 bits per heavy atom. The zero-order valence-corrected chi connectivity index (χ0v) is 12.9. The highest BCUT2D eigenvalue weighted by molar-refractivity contribution is 7.18. The Kier molecular flexibility index (Phi) is 3.75. The van der Waals surface area contributed by atoms with E-state index in [1.54, 1.807) is 18.3 Å². The van der Waals surface area contributed by atoms with Crippen LogP contribution in [0.1, 0.15) is 30.7 Å². The molecule has 0 saturated heterocycles. The number of fused-ring (bicyclic) bond motifs is 3. The molecule has 2 aromatic heterocycles. The molecule has 0 spiro atoms. The number of rotatable bonds is 3. The van der Waals surface area contributed by atoms with Gasteiger partial charge < -0.3 is 4.74 Å². The first kappa shape index (κ1) is 14.2. The Bertz CT molecular complexity index is 750. The molecule has 0 aromatic carbocycles. The van der Waals surface area contributed by atoms with Crippen LogP contribution in [0.2, 0.25) is 0 Å². The molecule has 0 N–H and O–H groups in total. The molecular formula is C14H17N3O3S. The normalized spacial score (nSPS) is 17.7. The fraction of sp³-hybridized carbons (Fsp3) is 0.571. The second-order valence-electron chi connectivity index (χ2n) is 5.39. The lowest BCUT2D eigenvalue weighted by Crippen LogP contribution is -2.29. The minimum atomic E-state index is -0.467. The second-order valence-corrected chi connectivity index (χ2v) is 6.47. The Balaban J connectivity index is 2.04. The molecule has 2 heterocycles. The highest BCUT2D eigenvalue weighted by Crippen LogP contribution is 2.35. The summed E-state index contributed by atoms with van der Waals surface area (Å²) in [5.74, 6) is 0.172. The summed E-state index contributed by atoms with van der Waals surface area (Å²) in [7, 11) is 0. The van der Waals surface area contributed by atoms with Gasteiger partial charge in [0.1, 0.15) is 6.54 Å². The maximum absolute atomic E-state index is 12.5. The summed E-state index contributed by atoms with van der Waals surface area (Å²) in [5.41, 5.74) is 0.866. The van der Waals surface area contributed by atoms with E-state index < -0.39 is 5.97 Å². The van der Waals surface area contributed by atoms with Crippen molar-refractivity contribution in [2.24, 2.45) is 5.92 Å². The van der Waals surface area contributed by atoms with E-state index in [4.69, 9.17) is 4.74 Å². The number of carbonyl (C=O) groups excluding carboxylic acids is 1. The first-order valence-corrected chi connectivity index (χ1v) is 7.95. The van der Waals surface area contributed by atoms with E-state index >= 15 is 0 Å². The molecule has 0 saturated carbocycles. The van der Waals surface area contributed by atoms with Gasteiger partial charge in [-0.15, -0.1) is 16.4 Å². The molecule has 6 nitrogen and oxygen atoms in total. The zero-order chi connectivity index (χ0) is 15.0. The van der Waals surface area contributed by atoms with Crippen molar-refractivity contribution >= 4 is 27.5 Å². The van der Waals surface area contributed by atoms with Crippen LogP contribution in [0, 0.1) is 5.92 Å². The molecule has 1 aliphatic carbocycles. The topological polar surface area (TPSA) is 74.1 Å². The Hall–Kier alpha value is -1.76. The molecular weight excluding hydrogens is 290 g/mol. The molecule has 112 valence electrons. The Labute approximate surface area is 125 Å². The average molecular weight is 307 g/mol. The largest absolute Gasteiger partial charge is 0.465 e. The van der Waals surface area contributed by atoms with Crippen LogP contribution in [0.5, 0.6) is 0 Å². The lowest BCUT2D eigenvalue weighted by Gasteiger charge is -2.17. The number of aromatic nitrogens is 3. The highest BCUT2D eigenvalue weighted by atomic mass is 32.1.